The monoisotopic (exact) mass is 260 g/mol. The molecule has 1 atom stereocenters. The lowest BCUT2D eigenvalue weighted by Gasteiger charge is -2.20. The van der Waals surface area contributed by atoms with Gasteiger partial charge in [0.1, 0.15) is 0 Å². The lowest BCUT2D eigenvalue weighted by molar-refractivity contribution is 0.0479. The maximum atomic E-state index is 12.4. The molecule has 0 bridgehead atoms. The number of rotatable bonds is 1. The van der Waals surface area contributed by atoms with E-state index in [-0.39, 0.29) is 18.4 Å². The van der Waals surface area contributed by atoms with E-state index in [0.29, 0.717) is 30.6 Å². The number of carbonyl (C=O) groups excluding carboxylic acids is 2. The number of hydrogen-bond donors (Lipinski definition) is 1. The van der Waals surface area contributed by atoms with Gasteiger partial charge in [0.2, 0.25) is 0 Å². The first-order valence-corrected chi connectivity index (χ1v) is 6.46. The van der Waals surface area contributed by atoms with Crippen molar-refractivity contribution in [3.63, 3.8) is 0 Å². The zero-order valence-electron chi connectivity index (χ0n) is 11.1. The summed E-state index contributed by atoms with van der Waals surface area (Å²) >= 11 is 0. The Morgan fingerprint density at radius 1 is 1.32 bits per heavy atom. The Morgan fingerprint density at radius 3 is 2.74 bits per heavy atom. The van der Waals surface area contributed by atoms with E-state index in [2.05, 4.69) is 0 Å². The molecular weight excluding hydrogens is 244 g/mol. The normalized spacial score (nSPS) is 25.0. The number of cyclic esters (lactones) is 1. The minimum atomic E-state index is -0.749. The highest BCUT2D eigenvalue weighted by molar-refractivity contribution is 6.07. The number of carbonyl (C=O) groups is 2. The van der Waals surface area contributed by atoms with Gasteiger partial charge in [0.25, 0.3) is 0 Å². The molecule has 1 aromatic carbocycles. The van der Waals surface area contributed by atoms with E-state index in [1.807, 2.05) is 6.92 Å². The predicted molar refractivity (Wildman–Crippen MR) is 68.4 cm³/mol. The molecule has 4 heteroatoms. The first-order valence-electron chi connectivity index (χ1n) is 6.46. The second-order valence-electron chi connectivity index (χ2n) is 5.66. The molecule has 19 heavy (non-hydrogen) atoms. The summed E-state index contributed by atoms with van der Waals surface area (Å²) in [4.78, 5) is 24.2. The van der Waals surface area contributed by atoms with Crippen molar-refractivity contribution in [3.8, 4) is 0 Å². The third-order valence-electron chi connectivity index (χ3n) is 4.36. The fraction of sp³-hybridized carbons (Fsp3) is 0.467. The SMILES string of the molecule is Cc1c2c(cc3c1C[C@](C)(CO)C3=O)C(=O)OCC2. The smallest absolute Gasteiger partial charge is 0.338 e. The Morgan fingerprint density at radius 2 is 2.05 bits per heavy atom. The number of ketones is 1. The number of aliphatic hydroxyl groups is 1. The lowest BCUT2D eigenvalue weighted by Crippen LogP contribution is -2.28. The van der Waals surface area contributed by atoms with Crippen LogP contribution in [0.15, 0.2) is 6.07 Å². The van der Waals surface area contributed by atoms with E-state index < -0.39 is 5.41 Å². The van der Waals surface area contributed by atoms with Crippen LogP contribution in [0.3, 0.4) is 0 Å². The summed E-state index contributed by atoms with van der Waals surface area (Å²) in [6.45, 7) is 3.95. The first-order chi connectivity index (χ1) is 8.98. The zero-order chi connectivity index (χ0) is 13.8. The van der Waals surface area contributed by atoms with E-state index in [4.69, 9.17) is 4.74 Å². The van der Waals surface area contributed by atoms with Gasteiger partial charge in [0.15, 0.2) is 5.78 Å². The third kappa shape index (κ3) is 1.56. The van der Waals surface area contributed by atoms with Gasteiger partial charge in [-0.3, -0.25) is 4.79 Å². The molecule has 1 aromatic rings. The maximum Gasteiger partial charge on any atom is 0.338 e. The molecule has 1 N–H and O–H groups in total. The predicted octanol–water partition coefficient (Wildman–Crippen LogP) is 1.45. The quantitative estimate of drug-likeness (QED) is 0.776. The van der Waals surface area contributed by atoms with Crippen LogP contribution in [0.5, 0.6) is 0 Å². The molecule has 0 saturated carbocycles. The summed E-state index contributed by atoms with van der Waals surface area (Å²) < 4.78 is 5.03. The number of fused-ring (bicyclic) bond motifs is 2. The van der Waals surface area contributed by atoms with Crippen LogP contribution in [0.4, 0.5) is 0 Å². The standard InChI is InChI=1S/C15H16O4/c1-8-9-3-4-19-14(18)11(9)5-10-12(8)6-15(2,7-16)13(10)17/h5,16H,3-4,6-7H2,1-2H3/t15-/m1/s1. The lowest BCUT2D eigenvalue weighted by atomic mass is 9.87. The molecule has 3 rings (SSSR count). The molecule has 0 spiro atoms. The molecule has 0 saturated heterocycles. The number of hydrogen-bond acceptors (Lipinski definition) is 4. The molecule has 1 aliphatic carbocycles. The van der Waals surface area contributed by atoms with Crippen LogP contribution in [0.1, 0.15) is 44.3 Å². The van der Waals surface area contributed by atoms with Crippen molar-refractivity contribution in [2.45, 2.75) is 26.7 Å². The van der Waals surface area contributed by atoms with Gasteiger partial charge in [-0.15, -0.1) is 0 Å². The summed E-state index contributed by atoms with van der Waals surface area (Å²) in [7, 11) is 0. The van der Waals surface area contributed by atoms with Crippen LogP contribution < -0.4 is 0 Å². The summed E-state index contributed by atoms with van der Waals surface area (Å²) in [5, 5.41) is 9.46. The summed E-state index contributed by atoms with van der Waals surface area (Å²) in [6.07, 6.45) is 1.25. The van der Waals surface area contributed by atoms with Crippen LogP contribution in [0, 0.1) is 12.3 Å². The minimum absolute atomic E-state index is 0.0747. The second kappa shape index (κ2) is 3.90. The van der Waals surface area contributed by atoms with Crippen LogP contribution in [0.2, 0.25) is 0 Å². The van der Waals surface area contributed by atoms with Crippen LogP contribution in [-0.4, -0.2) is 30.1 Å². The highest BCUT2D eigenvalue weighted by Crippen LogP contribution is 2.40. The van der Waals surface area contributed by atoms with Crippen molar-refractivity contribution in [2.75, 3.05) is 13.2 Å². The Labute approximate surface area is 111 Å². The molecule has 0 radical (unpaired) electrons. The number of Topliss-reactive ketones (excluding diaryl/α,β-unsaturated/α-hetero) is 1. The number of esters is 1. The largest absolute Gasteiger partial charge is 0.462 e. The topological polar surface area (TPSA) is 63.6 Å². The van der Waals surface area contributed by atoms with Gasteiger partial charge < -0.3 is 9.84 Å². The Kier molecular flexibility index (Phi) is 2.54. The fourth-order valence-electron chi connectivity index (χ4n) is 3.09. The van der Waals surface area contributed by atoms with Gasteiger partial charge in [0, 0.05) is 12.0 Å². The van der Waals surface area contributed by atoms with Gasteiger partial charge in [-0.05, 0) is 43.0 Å². The first kappa shape index (κ1) is 12.4. The Bertz CT molecular complexity index is 603. The van der Waals surface area contributed by atoms with E-state index in [9.17, 15) is 14.7 Å². The average molecular weight is 260 g/mol. The molecule has 2 aliphatic rings. The molecule has 0 unspecified atom stereocenters. The zero-order valence-corrected chi connectivity index (χ0v) is 11.1. The maximum absolute atomic E-state index is 12.4. The van der Waals surface area contributed by atoms with Crippen LogP contribution in [-0.2, 0) is 17.6 Å². The highest BCUT2D eigenvalue weighted by atomic mass is 16.5. The molecule has 0 aromatic heterocycles. The van der Waals surface area contributed by atoms with Crippen molar-refractivity contribution >= 4 is 11.8 Å². The van der Waals surface area contributed by atoms with E-state index in [1.54, 1.807) is 13.0 Å². The van der Waals surface area contributed by atoms with Crippen LogP contribution in [0.25, 0.3) is 0 Å². The highest BCUT2D eigenvalue weighted by Gasteiger charge is 2.43. The van der Waals surface area contributed by atoms with Crippen molar-refractivity contribution in [2.24, 2.45) is 5.41 Å². The average Bonchev–Trinajstić information content (AvgIpc) is 2.66. The minimum Gasteiger partial charge on any atom is -0.462 e. The second-order valence-corrected chi connectivity index (χ2v) is 5.66. The summed E-state index contributed by atoms with van der Waals surface area (Å²) in [5.74, 6) is -0.424. The number of aliphatic hydroxyl groups excluding tert-OH is 1. The summed E-state index contributed by atoms with van der Waals surface area (Å²) in [6, 6.07) is 1.66. The van der Waals surface area contributed by atoms with Gasteiger partial charge in [0.05, 0.1) is 24.2 Å². The molecule has 100 valence electrons. The Balaban J connectivity index is 2.22. The summed E-state index contributed by atoms with van der Waals surface area (Å²) in [5.41, 5.74) is 3.32. The molecule has 1 heterocycles. The van der Waals surface area contributed by atoms with Gasteiger partial charge in [-0.25, -0.2) is 4.79 Å². The molecule has 1 aliphatic heterocycles. The number of benzene rings is 1. The van der Waals surface area contributed by atoms with E-state index in [0.717, 1.165) is 16.7 Å². The fourth-order valence-corrected chi connectivity index (χ4v) is 3.09. The van der Waals surface area contributed by atoms with Crippen molar-refractivity contribution in [1.29, 1.82) is 0 Å². The van der Waals surface area contributed by atoms with Gasteiger partial charge in [-0.1, -0.05) is 0 Å². The van der Waals surface area contributed by atoms with Crippen molar-refractivity contribution in [3.05, 3.63) is 33.9 Å². The number of ether oxygens (including phenoxy) is 1. The van der Waals surface area contributed by atoms with E-state index >= 15 is 0 Å². The Hall–Kier alpha value is -1.68. The molecular formula is C15H16O4. The van der Waals surface area contributed by atoms with E-state index in [1.165, 1.54) is 0 Å². The van der Waals surface area contributed by atoms with Crippen molar-refractivity contribution in [1.82, 2.24) is 0 Å². The molecule has 4 nitrogen and oxygen atoms in total. The third-order valence-corrected chi connectivity index (χ3v) is 4.36. The van der Waals surface area contributed by atoms with Gasteiger partial charge in [-0.2, -0.15) is 0 Å². The van der Waals surface area contributed by atoms with Gasteiger partial charge >= 0.3 is 5.97 Å². The molecule has 0 fully saturated rings. The van der Waals surface area contributed by atoms with Crippen molar-refractivity contribution < 1.29 is 19.4 Å². The van der Waals surface area contributed by atoms with Crippen LogP contribution >= 0.6 is 0 Å². The molecule has 0 amide bonds.